The molecular formula is C24H27Cl2N3O4S2. The van der Waals surface area contributed by atoms with Crippen molar-refractivity contribution in [2.75, 3.05) is 12.5 Å². The van der Waals surface area contributed by atoms with Crippen LogP contribution >= 0.6 is 24.0 Å². The maximum Gasteiger partial charge on any atom is 0.209 e. The SMILES string of the molecule is CC1CCC(NS(C)(=O)=O)(c2ccc(Cl)cc2)C(S(C)(=O)=O)=C1C1=NCc2ccccc2C=N1.Cl. The molecule has 0 amide bonds. The third kappa shape index (κ3) is 5.70. The van der Waals surface area contributed by atoms with Crippen LogP contribution in [0.1, 0.15) is 36.5 Å². The Kier molecular flexibility index (Phi) is 7.98. The number of fused-ring (bicyclic) bond motifs is 1. The Balaban J connectivity index is 0.00000342. The molecule has 1 N–H and O–H groups in total. The smallest absolute Gasteiger partial charge is 0.209 e. The molecule has 0 bridgehead atoms. The fraction of sp³-hybridized carbons (Fsp3) is 0.333. The summed E-state index contributed by atoms with van der Waals surface area (Å²) in [5.74, 6) is 0.0982. The number of rotatable bonds is 5. The molecule has 0 radical (unpaired) electrons. The minimum absolute atomic E-state index is 0. The topological polar surface area (TPSA) is 105 Å². The van der Waals surface area contributed by atoms with Crippen molar-refractivity contribution in [1.82, 2.24) is 4.72 Å². The Hall–Kier alpha value is -2.04. The third-order valence-corrected chi connectivity index (χ3v) is 8.45. The van der Waals surface area contributed by atoms with Gasteiger partial charge in [0.05, 0.1) is 23.2 Å². The van der Waals surface area contributed by atoms with Gasteiger partial charge in [-0.2, -0.15) is 4.72 Å². The number of benzene rings is 2. The summed E-state index contributed by atoms with van der Waals surface area (Å²) in [6.07, 6.45) is 4.60. The zero-order valence-corrected chi connectivity index (χ0v) is 22.7. The highest BCUT2D eigenvalue weighted by Crippen LogP contribution is 2.47. The highest BCUT2D eigenvalue weighted by molar-refractivity contribution is 7.94. The van der Waals surface area contributed by atoms with Gasteiger partial charge in [0.1, 0.15) is 0 Å². The molecule has 2 atom stereocenters. The van der Waals surface area contributed by atoms with E-state index in [1.54, 1.807) is 30.5 Å². The fourth-order valence-electron chi connectivity index (χ4n) is 4.76. The van der Waals surface area contributed by atoms with Crippen LogP contribution in [0.4, 0.5) is 0 Å². The van der Waals surface area contributed by atoms with Crippen molar-refractivity contribution < 1.29 is 16.8 Å². The maximum atomic E-state index is 13.4. The molecule has 1 aliphatic heterocycles. The predicted octanol–water partition coefficient (Wildman–Crippen LogP) is 4.27. The molecule has 7 nitrogen and oxygen atoms in total. The number of sulfone groups is 1. The van der Waals surface area contributed by atoms with Gasteiger partial charge in [0, 0.05) is 23.1 Å². The molecule has 2 aliphatic rings. The van der Waals surface area contributed by atoms with Gasteiger partial charge in [-0.25, -0.2) is 21.8 Å². The maximum absolute atomic E-state index is 13.4. The van der Waals surface area contributed by atoms with Gasteiger partial charge in [-0.1, -0.05) is 54.9 Å². The number of nitrogens with zero attached hydrogens (tertiary/aromatic N) is 2. The summed E-state index contributed by atoms with van der Waals surface area (Å²) in [6.45, 7) is 2.26. The van der Waals surface area contributed by atoms with E-state index < -0.39 is 25.4 Å². The van der Waals surface area contributed by atoms with Crippen LogP contribution in [-0.2, 0) is 31.9 Å². The summed E-state index contributed by atoms with van der Waals surface area (Å²) in [5.41, 5.74) is 1.30. The molecule has 35 heavy (non-hydrogen) atoms. The summed E-state index contributed by atoms with van der Waals surface area (Å²) in [5, 5.41) is 0.461. The Bertz CT molecular complexity index is 1430. The second-order valence-corrected chi connectivity index (χ2v) is 13.0. The van der Waals surface area contributed by atoms with Gasteiger partial charge in [0.2, 0.25) is 10.0 Å². The van der Waals surface area contributed by atoms with Gasteiger partial charge in [-0.15, -0.1) is 12.4 Å². The molecule has 0 aromatic heterocycles. The molecule has 2 aromatic rings. The molecule has 1 heterocycles. The first kappa shape index (κ1) is 27.5. The molecule has 2 aromatic carbocycles. The molecule has 0 saturated heterocycles. The summed E-state index contributed by atoms with van der Waals surface area (Å²) in [7, 11) is -7.73. The van der Waals surface area contributed by atoms with E-state index in [4.69, 9.17) is 11.6 Å². The third-order valence-electron chi connectivity index (χ3n) is 6.17. The van der Waals surface area contributed by atoms with Crippen LogP contribution in [0, 0.1) is 5.92 Å². The molecule has 0 spiro atoms. The Labute approximate surface area is 217 Å². The van der Waals surface area contributed by atoms with E-state index in [0.717, 1.165) is 23.6 Å². The normalized spacial score (nSPS) is 22.6. The van der Waals surface area contributed by atoms with Crippen LogP contribution < -0.4 is 4.72 Å². The van der Waals surface area contributed by atoms with Crippen LogP contribution in [0.5, 0.6) is 0 Å². The van der Waals surface area contributed by atoms with Gasteiger partial charge in [0.15, 0.2) is 15.7 Å². The van der Waals surface area contributed by atoms with E-state index in [-0.39, 0.29) is 29.7 Å². The van der Waals surface area contributed by atoms with E-state index >= 15 is 0 Å². The molecule has 11 heteroatoms. The van der Waals surface area contributed by atoms with Gasteiger partial charge < -0.3 is 0 Å². The van der Waals surface area contributed by atoms with Crippen LogP contribution in [0.2, 0.25) is 5.02 Å². The minimum Gasteiger partial charge on any atom is -0.262 e. The number of sulfonamides is 1. The van der Waals surface area contributed by atoms with E-state index in [1.807, 2.05) is 31.2 Å². The summed E-state index contributed by atoms with van der Waals surface area (Å²) in [6, 6.07) is 14.3. The second kappa shape index (κ2) is 10.1. The lowest BCUT2D eigenvalue weighted by Gasteiger charge is -2.42. The fourth-order valence-corrected chi connectivity index (χ4v) is 7.50. The van der Waals surface area contributed by atoms with Crippen LogP contribution in [0.3, 0.4) is 0 Å². The first-order valence-electron chi connectivity index (χ1n) is 10.8. The number of halogens is 2. The minimum atomic E-state index is -3.91. The molecule has 0 saturated carbocycles. The summed E-state index contributed by atoms with van der Waals surface area (Å²) in [4.78, 5) is 9.23. The van der Waals surface area contributed by atoms with Crippen molar-refractivity contribution in [3.63, 3.8) is 0 Å². The van der Waals surface area contributed by atoms with E-state index in [2.05, 4.69) is 14.7 Å². The number of hydrogen-bond donors (Lipinski definition) is 1. The Morgan fingerprint density at radius 1 is 1.03 bits per heavy atom. The lowest BCUT2D eigenvalue weighted by atomic mass is 9.74. The Morgan fingerprint density at radius 3 is 2.31 bits per heavy atom. The average molecular weight is 557 g/mol. The van der Waals surface area contributed by atoms with Crippen LogP contribution in [0.15, 0.2) is 69.0 Å². The van der Waals surface area contributed by atoms with E-state index in [0.29, 0.717) is 35.0 Å². The Morgan fingerprint density at radius 2 is 1.69 bits per heavy atom. The van der Waals surface area contributed by atoms with Gasteiger partial charge in [-0.05, 0) is 47.6 Å². The van der Waals surface area contributed by atoms with Crippen molar-refractivity contribution in [3.8, 4) is 0 Å². The highest BCUT2D eigenvalue weighted by Gasteiger charge is 2.49. The van der Waals surface area contributed by atoms with Crippen molar-refractivity contribution in [2.24, 2.45) is 15.9 Å². The van der Waals surface area contributed by atoms with E-state index in [1.165, 1.54) is 0 Å². The molecule has 1 aliphatic carbocycles. The first-order chi connectivity index (χ1) is 15.9. The number of nitrogens with one attached hydrogen (secondary N) is 1. The monoisotopic (exact) mass is 555 g/mol. The molecule has 4 rings (SSSR count). The molecule has 0 fully saturated rings. The van der Waals surface area contributed by atoms with Crippen molar-refractivity contribution >= 4 is 55.9 Å². The highest BCUT2D eigenvalue weighted by atomic mass is 35.5. The van der Waals surface area contributed by atoms with Gasteiger partial charge in [0.25, 0.3) is 0 Å². The van der Waals surface area contributed by atoms with Gasteiger partial charge in [-0.3, -0.25) is 4.99 Å². The quantitative estimate of drug-likeness (QED) is 0.594. The van der Waals surface area contributed by atoms with Crippen molar-refractivity contribution in [1.29, 1.82) is 0 Å². The lowest BCUT2D eigenvalue weighted by Crippen LogP contribution is -2.51. The van der Waals surface area contributed by atoms with Crippen molar-refractivity contribution in [3.05, 3.63) is 80.7 Å². The first-order valence-corrected chi connectivity index (χ1v) is 14.9. The average Bonchev–Trinajstić information content (AvgIpc) is 2.96. The zero-order valence-electron chi connectivity index (χ0n) is 19.5. The second-order valence-electron chi connectivity index (χ2n) is 8.84. The zero-order chi connectivity index (χ0) is 24.7. The van der Waals surface area contributed by atoms with Crippen LogP contribution in [0.25, 0.3) is 0 Å². The van der Waals surface area contributed by atoms with Gasteiger partial charge >= 0.3 is 0 Å². The summed E-state index contributed by atoms with van der Waals surface area (Å²) >= 11 is 6.08. The summed E-state index contributed by atoms with van der Waals surface area (Å²) < 4.78 is 54.6. The molecule has 2 unspecified atom stereocenters. The largest absolute Gasteiger partial charge is 0.262 e. The molecular weight excluding hydrogens is 529 g/mol. The number of amidine groups is 1. The van der Waals surface area contributed by atoms with Crippen LogP contribution in [-0.4, -0.2) is 41.4 Å². The molecule has 188 valence electrons. The lowest BCUT2D eigenvalue weighted by molar-refractivity contribution is 0.371. The number of aliphatic imine (C=N–C) groups is 2. The predicted molar refractivity (Wildman–Crippen MR) is 144 cm³/mol. The standard InChI is InChI=1S/C24H26ClN3O4S2.ClH/c1-16-12-13-24(28-34(3,31)32,19-8-10-20(25)11-9-19)22(33(2,29)30)21(16)23-26-14-17-6-4-5-7-18(17)15-27-23;/h4-11,14,16,28H,12-13,15H2,1-3H3;1H. The number of hydrogen-bond acceptors (Lipinski definition) is 6. The van der Waals surface area contributed by atoms with Crippen molar-refractivity contribution in [2.45, 2.75) is 31.8 Å². The van der Waals surface area contributed by atoms with E-state index in [9.17, 15) is 16.8 Å².